The Morgan fingerprint density at radius 2 is 1.73 bits per heavy atom. The number of carboxylic acid groups (broad SMARTS) is 1. The number of aromatic nitrogens is 2. The minimum Gasteiger partial charge on any atom is -0.495 e. The number of methoxy groups -OCH3 is 1. The van der Waals surface area contributed by atoms with Crippen LogP contribution in [0.4, 0.5) is 5.82 Å². The van der Waals surface area contributed by atoms with E-state index in [1.165, 1.54) is 5.56 Å². The highest BCUT2D eigenvalue weighted by atomic mass is 16.5. The fourth-order valence-electron chi connectivity index (χ4n) is 7.04. The Labute approximate surface area is 258 Å². The second kappa shape index (κ2) is 13.2. The lowest BCUT2D eigenvalue weighted by Gasteiger charge is -2.35. The van der Waals surface area contributed by atoms with Gasteiger partial charge in [0.1, 0.15) is 29.6 Å². The molecule has 2 aromatic heterocycles. The summed E-state index contributed by atoms with van der Waals surface area (Å²) >= 11 is 0. The number of hydrogen-bond donors (Lipinski definition) is 1. The summed E-state index contributed by atoms with van der Waals surface area (Å²) in [4.78, 5) is 36.7. The predicted molar refractivity (Wildman–Crippen MR) is 164 cm³/mol. The normalized spacial score (nSPS) is 23.5. The summed E-state index contributed by atoms with van der Waals surface area (Å²) in [5.41, 5.74) is 3.36. The fraction of sp³-hybridized carbons (Fsp3) is 0.514. The molecule has 230 valence electrons. The smallest absolute Gasteiger partial charge is 0.303 e. The van der Waals surface area contributed by atoms with Gasteiger partial charge in [0.25, 0.3) is 0 Å². The molecule has 9 heteroatoms. The van der Waals surface area contributed by atoms with Crippen molar-refractivity contribution < 1.29 is 23.8 Å². The molecular formula is C35H40N4O5. The van der Waals surface area contributed by atoms with E-state index in [1.807, 2.05) is 29.2 Å². The summed E-state index contributed by atoms with van der Waals surface area (Å²) in [6.45, 7) is 0.593. The van der Waals surface area contributed by atoms with Crippen LogP contribution in [0.25, 0.3) is 11.3 Å². The van der Waals surface area contributed by atoms with Crippen molar-refractivity contribution in [3.05, 3.63) is 59.8 Å². The molecule has 3 aliphatic rings. The van der Waals surface area contributed by atoms with E-state index in [9.17, 15) is 20.0 Å². The maximum absolute atomic E-state index is 14.2. The van der Waals surface area contributed by atoms with Gasteiger partial charge < -0.3 is 14.3 Å². The van der Waals surface area contributed by atoms with Gasteiger partial charge in [-0.05, 0) is 112 Å². The molecule has 1 N–H and O–H groups in total. The lowest BCUT2D eigenvalue weighted by Crippen LogP contribution is -2.42. The zero-order chi connectivity index (χ0) is 30.6. The van der Waals surface area contributed by atoms with Gasteiger partial charge in [-0.3, -0.25) is 14.5 Å². The molecular weight excluding hydrogens is 556 g/mol. The van der Waals surface area contributed by atoms with Crippen LogP contribution in [0.5, 0.6) is 5.75 Å². The topological polar surface area (TPSA) is 130 Å². The van der Waals surface area contributed by atoms with E-state index >= 15 is 0 Å². The molecule has 0 spiro atoms. The molecule has 0 radical (unpaired) electrons. The molecule has 0 bridgehead atoms. The van der Waals surface area contributed by atoms with Gasteiger partial charge in [0.15, 0.2) is 5.89 Å². The van der Waals surface area contributed by atoms with Gasteiger partial charge in [0, 0.05) is 36.6 Å². The third kappa shape index (κ3) is 6.80. The van der Waals surface area contributed by atoms with Crippen molar-refractivity contribution in [2.45, 2.75) is 82.5 Å². The molecule has 44 heavy (non-hydrogen) atoms. The Hall–Kier alpha value is -4.19. The average Bonchev–Trinajstić information content (AvgIpc) is 3.79. The highest BCUT2D eigenvalue weighted by Crippen LogP contribution is 2.41. The van der Waals surface area contributed by atoms with Crippen molar-refractivity contribution in [2.24, 2.45) is 17.8 Å². The largest absolute Gasteiger partial charge is 0.495 e. The number of rotatable bonds is 10. The molecule has 1 amide bonds. The molecule has 3 aromatic rings. The number of hydrogen-bond acceptors (Lipinski definition) is 7. The van der Waals surface area contributed by atoms with E-state index in [4.69, 9.17) is 14.1 Å². The Morgan fingerprint density at radius 3 is 2.41 bits per heavy atom. The Kier molecular flexibility index (Phi) is 8.96. The van der Waals surface area contributed by atoms with Crippen LogP contribution in [0.15, 0.2) is 47.2 Å². The van der Waals surface area contributed by atoms with Crippen LogP contribution in [0.1, 0.15) is 99.5 Å². The third-order valence-corrected chi connectivity index (χ3v) is 9.79. The van der Waals surface area contributed by atoms with E-state index in [0.717, 1.165) is 68.5 Å². The molecule has 3 fully saturated rings. The first-order chi connectivity index (χ1) is 21.4. The van der Waals surface area contributed by atoms with Crippen molar-refractivity contribution in [1.82, 2.24) is 9.97 Å². The predicted octanol–water partition coefficient (Wildman–Crippen LogP) is 7.08. The Morgan fingerprint density at radius 1 is 1.00 bits per heavy atom. The van der Waals surface area contributed by atoms with Crippen LogP contribution in [-0.2, 0) is 9.59 Å². The maximum atomic E-state index is 14.2. The van der Waals surface area contributed by atoms with Crippen LogP contribution in [0.3, 0.4) is 0 Å². The van der Waals surface area contributed by atoms with Crippen molar-refractivity contribution >= 4 is 17.7 Å². The van der Waals surface area contributed by atoms with Crippen molar-refractivity contribution in [1.29, 1.82) is 5.26 Å². The van der Waals surface area contributed by atoms with Crippen LogP contribution >= 0.6 is 0 Å². The average molecular weight is 597 g/mol. The highest BCUT2D eigenvalue weighted by molar-refractivity contribution is 5.94. The minimum atomic E-state index is -0.769. The first-order valence-electron chi connectivity index (χ1n) is 15.9. The number of nitrogens with zero attached hydrogens (tertiary/aromatic N) is 4. The Balaban J connectivity index is 1.18. The summed E-state index contributed by atoms with van der Waals surface area (Å²) < 4.78 is 11.1. The van der Waals surface area contributed by atoms with Gasteiger partial charge in [0.2, 0.25) is 5.91 Å². The molecule has 3 saturated carbocycles. The molecule has 2 heterocycles. The summed E-state index contributed by atoms with van der Waals surface area (Å²) in [6, 6.07) is 12.0. The monoisotopic (exact) mass is 596 g/mol. The maximum Gasteiger partial charge on any atom is 0.303 e. The first-order valence-corrected chi connectivity index (χ1v) is 15.9. The molecule has 1 aromatic carbocycles. The quantitative estimate of drug-likeness (QED) is 0.263. The number of amides is 1. The summed E-state index contributed by atoms with van der Waals surface area (Å²) in [7, 11) is 1.58. The van der Waals surface area contributed by atoms with E-state index in [-0.39, 0.29) is 24.2 Å². The second-order valence-corrected chi connectivity index (χ2v) is 12.8. The molecule has 0 atom stereocenters. The lowest BCUT2D eigenvalue weighted by molar-refractivity contribution is -0.138. The van der Waals surface area contributed by atoms with Gasteiger partial charge >= 0.3 is 5.97 Å². The second-order valence-electron chi connectivity index (χ2n) is 12.8. The van der Waals surface area contributed by atoms with E-state index in [2.05, 4.69) is 17.1 Å². The zero-order valence-corrected chi connectivity index (χ0v) is 25.3. The van der Waals surface area contributed by atoms with Gasteiger partial charge in [-0.1, -0.05) is 6.07 Å². The SMILES string of the molecule is COc1ccc([C@H]2CC[C@H](CN(c3cc(-c4coc(C5CC5)n4)ccn3)C(=O)[C@H]3CC[C@H](CC(=O)O)CC3)CC2)cc1C#N. The highest BCUT2D eigenvalue weighted by Gasteiger charge is 2.34. The van der Waals surface area contributed by atoms with Crippen molar-refractivity contribution in [3.8, 4) is 23.1 Å². The number of carbonyl (C=O) groups excluding carboxylic acids is 1. The molecule has 0 aliphatic heterocycles. The first kappa shape index (κ1) is 29.9. The van der Waals surface area contributed by atoms with Crippen molar-refractivity contribution in [3.63, 3.8) is 0 Å². The van der Waals surface area contributed by atoms with Crippen LogP contribution in [0.2, 0.25) is 0 Å². The third-order valence-electron chi connectivity index (χ3n) is 9.79. The lowest BCUT2D eigenvalue weighted by atomic mass is 9.77. The minimum absolute atomic E-state index is 0.0817. The van der Waals surface area contributed by atoms with Gasteiger partial charge in [0.05, 0.1) is 12.7 Å². The van der Waals surface area contributed by atoms with E-state index < -0.39 is 5.97 Å². The van der Waals surface area contributed by atoms with Crippen LogP contribution in [-0.4, -0.2) is 40.6 Å². The van der Waals surface area contributed by atoms with Crippen molar-refractivity contribution in [2.75, 3.05) is 18.6 Å². The van der Waals surface area contributed by atoms with Crippen LogP contribution in [0, 0.1) is 29.1 Å². The van der Waals surface area contributed by atoms with Gasteiger partial charge in [-0.2, -0.15) is 5.26 Å². The van der Waals surface area contributed by atoms with E-state index in [1.54, 1.807) is 19.6 Å². The van der Waals surface area contributed by atoms with E-state index in [0.29, 0.717) is 54.3 Å². The standard InChI is InChI=1S/C35H40N4O5/c1-43-31-13-12-27(17-29(31)19-36)24-6-4-23(5-7-24)20-39(35(42)26-8-2-22(3-9-26)16-33(40)41)32-18-28(14-15-37-32)30-21-44-34(38-30)25-10-11-25/h12-15,17-18,21-26H,2-11,16,20H2,1H3,(H,40,41)/t22-,23-,24-,26-. The summed E-state index contributed by atoms with van der Waals surface area (Å²) in [6.07, 6.45) is 12.7. The number of anilines is 1. The van der Waals surface area contributed by atoms with Gasteiger partial charge in [-0.15, -0.1) is 0 Å². The molecule has 9 nitrogen and oxygen atoms in total. The number of carboxylic acids is 1. The number of ether oxygens (including phenoxy) is 1. The van der Waals surface area contributed by atoms with Crippen LogP contribution < -0.4 is 9.64 Å². The number of benzene rings is 1. The summed E-state index contributed by atoms with van der Waals surface area (Å²) in [5.74, 6) is 2.42. The number of oxazole rings is 1. The van der Waals surface area contributed by atoms with Gasteiger partial charge in [-0.25, -0.2) is 9.97 Å². The summed E-state index contributed by atoms with van der Waals surface area (Å²) in [5, 5.41) is 18.8. The molecule has 3 aliphatic carbocycles. The molecule has 6 rings (SSSR count). The fourth-order valence-corrected chi connectivity index (χ4v) is 7.04. The zero-order valence-electron chi connectivity index (χ0n) is 25.3. The molecule has 0 saturated heterocycles. The molecule has 0 unspecified atom stereocenters. The number of pyridine rings is 1. The number of nitriles is 1. The Bertz CT molecular complexity index is 1520. The number of carbonyl (C=O) groups is 2. The number of aliphatic carboxylic acids is 1.